The smallest absolute Gasteiger partial charge is 0.253 e. The fourth-order valence-corrected chi connectivity index (χ4v) is 2.79. The first-order valence-electron chi connectivity index (χ1n) is 7.05. The minimum Gasteiger partial charge on any atom is -0.349 e. The van der Waals surface area contributed by atoms with E-state index in [-0.39, 0.29) is 5.91 Å². The van der Waals surface area contributed by atoms with E-state index in [2.05, 4.69) is 29.4 Å². The summed E-state index contributed by atoms with van der Waals surface area (Å²) in [6.07, 6.45) is 4.02. The summed E-state index contributed by atoms with van der Waals surface area (Å²) in [6, 6.07) is 2.13. The SMILES string of the molecule is CCc1nnc(C)cc1C(=O)NC1CCC(C)(C)C1. The van der Waals surface area contributed by atoms with Gasteiger partial charge in [-0.25, -0.2) is 0 Å². The molecule has 1 aliphatic rings. The molecule has 1 amide bonds. The van der Waals surface area contributed by atoms with Crippen LogP contribution in [0, 0.1) is 12.3 Å². The van der Waals surface area contributed by atoms with Crippen LogP contribution in [0.25, 0.3) is 0 Å². The van der Waals surface area contributed by atoms with Gasteiger partial charge in [-0.2, -0.15) is 10.2 Å². The molecule has 1 aromatic heterocycles. The minimum absolute atomic E-state index is 0.00227. The third kappa shape index (κ3) is 3.31. The average Bonchev–Trinajstić information content (AvgIpc) is 2.68. The summed E-state index contributed by atoms with van der Waals surface area (Å²) in [4.78, 5) is 12.4. The Bertz CT molecular complexity index is 482. The summed E-state index contributed by atoms with van der Waals surface area (Å²) in [5.74, 6) is -0.00227. The first-order chi connectivity index (χ1) is 8.91. The molecule has 1 unspecified atom stereocenters. The van der Waals surface area contributed by atoms with Crippen molar-refractivity contribution in [1.82, 2.24) is 15.5 Å². The van der Waals surface area contributed by atoms with Gasteiger partial charge in [-0.3, -0.25) is 4.79 Å². The molecule has 1 heterocycles. The molecule has 0 aromatic carbocycles. The second-order valence-corrected chi connectivity index (χ2v) is 6.28. The maximum absolute atomic E-state index is 12.4. The Kier molecular flexibility index (Phi) is 3.88. The first kappa shape index (κ1) is 14.0. The number of hydrogen-bond donors (Lipinski definition) is 1. The third-order valence-electron chi connectivity index (χ3n) is 3.88. The van der Waals surface area contributed by atoms with E-state index in [1.807, 2.05) is 19.9 Å². The van der Waals surface area contributed by atoms with Gasteiger partial charge in [-0.1, -0.05) is 20.8 Å². The van der Waals surface area contributed by atoms with E-state index in [0.717, 1.165) is 30.7 Å². The fourth-order valence-electron chi connectivity index (χ4n) is 2.79. The van der Waals surface area contributed by atoms with Crippen molar-refractivity contribution in [2.45, 2.75) is 59.4 Å². The Labute approximate surface area is 115 Å². The zero-order valence-electron chi connectivity index (χ0n) is 12.3. The number of nitrogens with zero attached hydrogens (tertiary/aromatic N) is 2. The number of aryl methyl sites for hydroxylation is 2. The Morgan fingerprint density at radius 3 is 2.79 bits per heavy atom. The highest BCUT2D eigenvalue weighted by atomic mass is 16.1. The molecular weight excluding hydrogens is 238 g/mol. The van der Waals surface area contributed by atoms with Gasteiger partial charge in [0, 0.05) is 6.04 Å². The number of carbonyl (C=O) groups excluding carboxylic acids is 1. The van der Waals surface area contributed by atoms with Crippen molar-refractivity contribution >= 4 is 5.91 Å². The van der Waals surface area contributed by atoms with Gasteiger partial charge in [0.1, 0.15) is 0 Å². The van der Waals surface area contributed by atoms with Crippen molar-refractivity contribution in [2.24, 2.45) is 5.41 Å². The predicted octanol–water partition coefficient (Wildman–Crippen LogP) is 2.66. The van der Waals surface area contributed by atoms with Gasteiger partial charge in [0.15, 0.2) is 0 Å². The molecule has 19 heavy (non-hydrogen) atoms. The van der Waals surface area contributed by atoms with Crippen LogP contribution in [0.4, 0.5) is 0 Å². The van der Waals surface area contributed by atoms with Crippen molar-refractivity contribution in [1.29, 1.82) is 0 Å². The summed E-state index contributed by atoms with van der Waals surface area (Å²) in [5, 5.41) is 11.3. The summed E-state index contributed by atoms with van der Waals surface area (Å²) >= 11 is 0. The molecule has 1 N–H and O–H groups in total. The molecule has 1 saturated carbocycles. The lowest BCUT2D eigenvalue weighted by Gasteiger charge is -2.18. The monoisotopic (exact) mass is 261 g/mol. The van der Waals surface area contributed by atoms with Crippen molar-refractivity contribution in [3.63, 3.8) is 0 Å². The van der Waals surface area contributed by atoms with Crippen LogP contribution in [0.1, 0.15) is 61.8 Å². The van der Waals surface area contributed by atoms with Crippen LogP contribution in [-0.2, 0) is 6.42 Å². The molecule has 1 aliphatic carbocycles. The lowest BCUT2D eigenvalue weighted by molar-refractivity contribution is 0.0934. The average molecular weight is 261 g/mol. The van der Waals surface area contributed by atoms with Crippen LogP contribution in [0.3, 0.4) is 0 Å². The summed E-state index contributed by atoms with van der Waals surface area (Å²) in [5.41, 5.74) is 2.59. The topological polar surface area (TPSA) is 54.9 Å². The van der Waals surface area contributed by atoms with E-state index in [4.69, 9.17) is 0 Å². The molecule has 1 aromatic rings. The van der Waals surface area contributed by atoms with Gasteiger partial charge in [0.05, 0.1) is 17.0 Å². The van der Waals surface area contributed by atoms with Gasteiger partial charge in [0.2, 0.25) is 0 Å². The van der Waals surface area contributed by atoms with Crippen LogP contribution in [0.5, 0.6) is 0 Å². The van der Waals surface area contributed by atoms with E-state index >= 15 is 0 Å². The molecular formula is C15H23N3O. The molecule has 0 aliphatic heterocycles. The Balaban J connectivity index is 2.10. The van der Waals surface area contributed by atoms with Crippen molar-refractivity contribution in [3.05, 3.63) is 23.0 Å². The maximum Gasteiger partial charge on any atom is 0.253 e. The minimum atomic E-state index is -0.00227. The number of nitrogens with one attached hydrogen (secondary N) is 1. The Hall–Kier alpha value is -1.45. The van der Waals surface area contributed by atoms with Crippen molar-refractivity contribution in [2.75, 3.05) is 0 Å². The fraction of sp³-hybridized carbons (Fsp3) is 0.667. The second kappa shape index (κ2) is 5.27. The van der Waals surface area contributed by atoms with Crippen LogP contribution in [0.2, 0.25) is 0 Å². The zero-order chi connectivity index (χ0) is 14.0. The van der Waals surface area contributed by atoms with E-state index < -0.39 is 0 Å². The molecule has 1 fully saturated rings. The molecule has 2 rings (SSSR count). The first-order valence-corrected chi connectivity index (χ1v) is 7.05. The second-order valence-electron chi connectivity index (χ2n) is 6.28. The maximum atomic E-state index is 12.4. The highest BCUT2D eigenvalue weighted by Crippen LogP contribution is 2.37. The van der Waals surface area contributed by atoms with E-state index in [1.54, 1.807) is 0 Å². The van der Waals surface area contributed by atoms with Crippen molar-refractivity contribution in [3.8, 4) is 0 Å². The van der Waals surface area contributed by atoms with Gasteiger partial charge in [0.25, 0.3) is 5.91 Å². The van der Waals surface area contributed by atoms with E-state index in [0.29, 0.717) is 17.0 Å². The van der Waals surface area contributed by atoms with E-state index in [1.165, 1.54) is 6.42 Å². The predicted molar refractivity (Wildman–Crippen MR) is 75.0 cm³/mol. The normalized spacial score (nSPS) is 21.4. The number of rotatable bonds is 3. The number of hydrogen-bond acceptors (Lipinski definition) is 3. The molecule has 4 nitrogen and oxygen atoms in total. The highest BCUT2D eigenvalue weighted by molar-refractivity contribution is 5.95. The van der Waals surface area contributed by atoms with Gasteiger partial charge in [-0.05, 0) is 44.1 Å². The largest absolute Gasteiger partial charge is 0.349 e. The van der Waals surface area contributed by atoms with Crippen LogP contribution >= 0.6 is 0 Å². The lowest BCUT2D eigenvalue weighted by atomic mass is 9.92. The van der Waals surface area contributed by atoms with Crippen LogP contribution in [0.15, 0.2) is 6.07 Å². The van der Waals surface area contributed by atoms with Crippen LogP contribution < -0.4 is 5.32 Å². The van der Waals surface area contributed by atoms with E-state index in [9.17, 15) is 4.79 Å². The molecule has 0 spiro atoms. The summed E-state index contributed by atoms with van der Waals surface area (Å²) in [7, 11) is 0. The summed E-state index contributed by atoms with van der Waals surface area (Å²) < 4.78 is 0. The molecule has 0 bridgehead atoms. The molecule has 1 atom stereocenters. The Morgan fingerprint density at radius 2 is 2.21 bits per heavy atom. The van der Waals surface area contributed by atoms with Crippen LogP contribution in [-0.4, -0.2) is 22.1 Å². The lowest BCUT2D eigenvalue weighted by Crippen LogP contribution is -2.34. The molecule has 4 heteroatoms. The standard InChI is InChI=1S/C15H23N3O/c1-5-13-12(8-10(2)17-18-13)14(19)16-11-6-7-15(3,4)9-11/h8,11H,5-7,9H2,1-4H3,(H,16,19). The highest BCUT2D eigenvalue weighted by Gasteiger charge is 2.32. The summed E-state index contributed by atoms with van der Waals surface area (Å²) in [6.45, 7) is 8.38. The Morgan fingerprint density at radius 1 is 1.47 bits per heavy atom. The van der Waals surface area contributed by atoms with Gasteiger partial charge >= 0.3 is 0 Å². The molecule has 0 saturated heterocycles. The van der Waals surface area contributed by atoms with Gasteiger partial charge < -0.3 is 5.32 Å². The molecule has 0 radical (unpaired) electrons. The van der Waals surface area contributed by atoms with Gasteiger partial charge in [-0.15, -0.1) is 0 Å². The zero-order valence-corrected chi connectivity index (χ0v) is 12.3. The third-order valence-corrected chi connectivity index (χ3v) is 3.88. The molecule has 104 valence electrons. The van der Waals surface area contributed by atoms with Crippen molar-refractivity contribution < 1.29 is 4.79 Å². The quantitative estimate of drug-likeness (QED) is 0.910. The number of carbonyl (C=O) groups is 1. The number of aromatic nitrogens is 2. The number of amides is 1.